The quantitative estimate of drug-likeness (QED) is 0.798. The van der Waals surface area contributed by atoms with Gasteiger partial charge in [-0.1, -0.05) is 76.3 Å². The minimum absolute atomic E-state index is 0.202. The third-order valence-corrected chi connectivity index (χ3v) is 9.48. The maximum Gasteiger partial charge on any atom is 0.0914 e. The number of rotatable bonds is 3. The number of aliphatic hydroxyl groups excluding tert-OH is 1. The molecule has 0 saturated carbocycles. The van der Waals surface area contributed by atoms with E-state index in [1.807, 2.05) is 30.4 Å². The highest BCUT2D eigenvalue weighted by molar-refractivity contribution is 6.81. The van der Waals surface area contributed by atoms with E-state index in [9.17, 15) is 5.11 Å². The molecule has 0 aliphatic heterocycles. The van der Waals surface area contributed by atoms with E-state index < -0.39 is 8.07 Å². The van der Waals surface area contributed by atoms with Gasteiger partial charge in [0, 0.05) is 0 Å². The second-order valence-electron chi connectivity index (χ2n) is 6.19. The van der Waals surface area contributed by atoms with Gasteiger partial charge in [0.05, 0.1) is 13.8 Å². The predicted octanol–water partition coefficient (Wildman–Crippen LogP) is 4.11. The SMILES string of the molecule is CC(C)(C)[Si](C)(C)[C@@H](O)/C=C/c1ccccc1. The topological polar surface area (TPSA) is 20.2 Å². The van der Waals surface area contributed by atoms with Crippen LogP contribution in [0.2, 0.25) is 18.1 Å². The van der Waals surface area contributed by atoms with Crippen LogP contribution < -0.4 is 0 Å². The molecule has 1 N–H and O–H groups in total. The summed E-state index contributed by atoms with van der Waals surface area (Å²) >= 11 is 0. The summed E-state index contributed by atoms with van der Waals surface area (Å²) in [6.45, 7) is 11.1. The smallest absolute Gasteiger partial charge is 0.0914 e. The third kappa shape index (κ3) is 3.55. The van der Waals surface area contributed by atoms with E-state index in [1.165, 1.54) is 0 Å². The summed E-state index contributed by atoms with van der Waals surface area (Å²) in [6.07, 6.45) is 3.97. The Balaban J connectivity index is 2.80. The molecule has 0 aromatic heterocycles. The number of hydrogen-bond acceptors (Lipinski definition) is 1. The van der Waals surface area contributed by atoms with Crippen molar-refractivity contribution in [2.75, 3.05) is 0 Å². The molecule has 0 fully saturated rings. The molecule has 2 heteroatoms. The fourth-order valence-electron chi connectivity index (χ4n) is 1.45. The lowest BCUT2D eigenvalue weighted by atomic mass is 10.2. The zero-order chi connectivity index (χ0) is 13.1. The van der Waals surface area contributed by atoms with E-state index in [-0.39, 0.29) is 10.8 Å². The van der Waals surface area contributed by atoms with Crippen LogP contribution in [0.25, 0.3) is 6.08 Å². The molecular formula is C15H24OSi. The first-order valence-electron chi connectivity index (χ1n) is 6.16. The van der Waals surface area contributed by atoms with Crippen molar-refractivity contribution in [1.29, 1.82) is 0 Å². The Morgan fingerprint density at radius 1 is 1.12 bits per heavy atom. The molecule has 0 spiro atoms. The Kier molecular flexibility index (Phi) is 4.34. The number of hydrogen-bond donors (Lipinski definition) is 1. The van der Waals surface area contributed by atoms with Gasteiger partial charge < -0.3 is 5.11 Å². The Hall–Kier alpha value is -0.863. The minimum Gasteiger partial charge on any atom is -0.393 e. The number of aliphatic hydroxyl groups is 1. The van der Waals surface area contributed by atoms with Gasteiger partial charge >= 0.3 is 0 Å². The van der Waals surface area contributed by atoms with Gasteiger partial charge in [-0.15, -0.1) is 0 Å². The molecule has 0 radical (unpaired) electrons. The molecule has 0 saturated heterocycles. The summed E-state index contributed by atoms with van der Waals surface area (Å²) in [6, 6.07) is 10.1. The van der Waals surface area contributed by atoms with E-state index in [0.29, 0.717) is 0 Å². The molecule has 17 heavy (non-hydrogen) atoms. The van der Waals surface area contributed by atoms with Crippen LogP contribution in [0.15, 0.2) is 36.4 Å². The normalized spacial score (nSPS) is 15.2. The van der Waals surface area contributed by atoms with Gasteiger partial charge in [0.15, 0.2) is 0 Å². The minimum atomic E-state index is -1.69. The molecule has 0 aliphatic rings. The molecule has 0 amide bonds. The largest absolute Gasteiger partial charge is 0.393 e. The average Bonchev–Trinajstić information content (AvgIpc) is 2.25. The van der Waals surface area contributed by atoms with Crippen molar-refractivity contribution >= 4 is 14.1 Å². The second-order valence-corrected chi connectivity index (χ2v) is 11.7. The van der Waals surface area contributed by atoms with Gasteiger partial charge in [-0.3, -0.25) is 0 Å². The Morgan fingerprint density at radius 3 is 2.12 bits per heavy atom. The van der Waals surface area contributed by atoms with Crippen molar-refractivity contribution in [3.05, 3.63) is 42.0 Å². The lowest BCUT2D eigenvalue weighted by molar-refractivity contribution is 0.285. The average molecular weight is 248 g/mol. The lowest BCUT2D eigenvalue weighted by Gasteiger charge is -2.39. The molecular weight excluding hydrogens is 224 g/mol. The van der Waals surface area contributed by atoms with E-state index in [4.69, 9.17) is 0 Å². The monoisotopic (exact) mass is 248 g/mol. The van der Waals surface area contributed by atoms with Crippen LogP contribution in [0.5, 0.6) is 0 Å². The van der Waals surface area contributed by atoms with Crippen LogP contribution in [0, 0.1) is 0 Å². The first-order valence-corrected chi connectivity index (χ1v) is 9.24. The molecule has 0 unspecified atom stereocenters. The van der Waals surface area contributed by atoms with Crippen molar-refractivity contribution in [1.82, 2.24) is 0 Å². The highest BCUT2D eigenvalue weighted by atomic mass is 28.3. The summed E-state index contributed by atoms with van der Waals surface area (Å²) in [5, 5.41) is 10.6. The maximum absolute atomic E-state index is 10.3. The van der Waals surface area contributed by atoms with E-state index in [2.05, 4.69) is 46.0 Å². The van der Waals surface area contributed by atoms with E-state index in [0.717, 1.165) is 5.56 Å². The fourth-order valence-corrected chi connectivity index (χ4v) is 2.92. The van der Waals surface area contributed by atoms with Crippen LogP contribution in [0.1, 0.15) is 26.3 Å². The standard InChI is InChI=1S/C15H24OSi/c1-15(2,3)17(4,5)14(16)12-11-13-9-7-6-8-10-13/h6-12,14,16H,1-5H3/b12-11+/t14-/m1/s1. The zero-order valence-electron chi connectivity index (χ0n) is 11.6. The Bertz CT molecular complexity index is 374. The third-order valence-electron chi connectivity index (χ3n) is 3.94. The Labute approximate surface area is 106 Å². The van der Waals surface area contributed by atoms with Crippen molar-refractivity contribution in [3.63, 3.8) is 0 Å². The molecule has 0 heterocycles. The van der Waals surface area contributed by atoms with Crippen LogP contribution in [0.3, 0.4) is 0 Å². The molecule has 1 atom stereocenters. The zero-order valence-corrected chi connectivity index (χ0v) is 12.6. The van der Waals surface area contributed by atoms with Gasteiger partial charge in [-0.25, -0.2) is 0 Å². The van der Waals surface area contributed by atoms with Crippen molar-refractivity contribution in [2.24, 2.45) is 0 Å². The van der Waals surface area contributed by atoms with Crippen LogP contribution in [0.4, 0.5) is 0 Å². The number of benzene rings is 1. The highest BCUT2D eigenvalue weighted by Gasteiger charge is 2.40. The van der Waals surface area contributed by atoms with Gasteiger partial charge in [0.2, 0.25) is 0 Å². The summed E-state index contributed by atoms with van der Waals surface area (Å²) in [7, 11) is -1.69. The van der Waals surface area contributed by atoms with E-state index >= 15 is 0 Å². The maximum atomic E-state index is 10.3. The molecule has 94 valence electrons. The lowest BCUT2D eigenvalue weighted by Crippen LogP contribution is -2.48. The van der Waals surface area contributed by atoms with Gasteiger partial charge in [0.1, 0.15) is 0 Å². The molecule has 1 aromatic carbocycles. The van der Waals surface area contributed by atoms with Crippen LogP contribution in [-0.4, -0.2) is 18.9 Å². The molecule has 1 rings (SSSR count). The van der Waals surface area contributed by atoms with Crippen molar-refractivity contribution in [2.45, 2.75) is 44.6 Å². The predicted molar refractivity (Wildman–Crippen MR) is 78.7 cm³/mol. The molecule has 0 aliphatic carbocycles. The fraction of sp³-hybridized carbons (Fsp3) is 0.467. The van der Waals surface area contributed by atoms with Crippen molar-refractivity contribution in [3.8, 4) is 0 Å². The first-order chi connectivity index (χ1) is 7.75. The highest BCUT2D eigenvalue weighted by Crippen LogP contribution is 2.38. The summed E-state index contributed by atoms with van der Waals surface area (Å²) in [4.78, 5) is 0. The molecule has 1 aromatic rings. The van der Waals surface area contributed by atoms with Crippen LogP contribution >= 0.6 is 0 Å². The van der Waals surface area contributed by atoms with Crippen molar-refractivity contribution < 1.29 is 5.11 Å². The molecule has 1 nitrogen and oxygen atoms in total. The van der Waals surface area contributed by atoms with Crippen LogP contribution in [-0.2, 0) is 0 Å². The Morgan fingerprint density at radius 2 is 1.65 bits per heavy atom. The first kappa shape index (κ1) is 14.2. The summed E-state index contributed by atoms with van der Waals surface area (Å²) in [5.74, 6) is 0. The van der Waals surface area contributed by atoms with E-state index in [1.54, 1.807) is 0 Å². The van der Waals surface area contributed by atoms with Gasteiger partial charge in [0.25, 0.3) is 0 Å². The van der Waals surface area contributed by atoms with Gasteiger partial charge in [-0.05, 0) is 10.6 Å². The molecule has 0 bridgehead atoms. The summed E-state index contributed by atoms with van der Waals surface area (Å²) in [5.41, 5.74) is 0.841. The summed E-state index contributed by atoms with van der Waals surface area (Å²) < 4.78 is 0. The second kappa shape index (κ2) is 5.19. The van der Waals surface area contributed by atoms with Gasteiger partial charge in [-0.2, -0.15) is 0 Å².